The molecule has 0 bridgehead atoms. The number of carbonyl (C=O) groups excluding carboxylic acids is 1. The van der Waals surface area contributed by atoms with E-state index in [0.29, 0.717) is 23.8 Å². The fourth-order valence-corrected chi connectivity index (χ4v) is 2.79. The first-order chi connectivity index (χ1) is 14.7. The van der Waals surface area contributed by atoms with E-state index in [1.807, 2.05) is 48.7 Å². The van der Waals surface area contributed by atoms with Crippen LogP contribution in [0.5, 0.6) is 0 Å². The smallest absolute Gasteiger partial charge is 0.356 e. The maximum absolute atomic E-state index is 12.0. The van der Waals surface area contributed by atoms with Crippen molar-refractivity contribution in [2.45, 2.75) is 6.54 Å². The molecule has 3 heterocycles. The predicted octanol–water partition coefficient (Wildman–Crippen LogP) is 3.14. The molecule has 0 aliphatic rings. The molecule has 0 aliphatic carbocycles. The number of esters is 1. The lowest BCUT2D eigenvalue weighted by atomic mass is 10.2. The van der Waals surface area contributed by atoms with Crippen LogP contribution in [0.25, 0.3) is 23.5 Å². The van der Waals surface area contributed by atoms with Crippen LogP contribution in [0.4, 0.5) is 0 Å². The minimum absolute atomic E-state index is 0.186. The summed E-state index contributed by atoms with van der Waals surface area (Å²) in [5, 5.41) is 8.28. The topological polar surface area (TPSA) is 95.7 Å². The Morgan fingerprint density at radius 1 is 1.07 bits per heavy atom. The molecule has 0 N–H and O–H groups in total. The van der Waals surface area contributed by atoms with Gasteiger partial charge in [0, 0.05) is 18.0 Å². The number of hydrogen-bond donors (Lipinski definition) is 0. The van der Waals surface area contributed by atoms with Gasteiger partial charge < -0.3 is 4.74 Å². The summed E-state index contributed by atoms with van der Waals surface area (Å²) in [5.74, 6) is -0.0787. The molecule has 0 saturated heterocycles. The molecule has 4 rings (SSSR count). The van der Waals surface area contributed by atoms with Gasteiger partial charge in [-0.2, -0.15) is 0 Å². The van der Waals surface area contributed by atoms with Crippen LogP contribution in [0.2, 0.25) is 0 Å². The van der Waals surface area contributed by atoms with E-state index in [0.717, 1.165) is 11.1 Å². The third kappa shape index (κ3) is 4.61. The van der Waals surface area contributed by atoms with Crippen molar-refractivity contribution in [2.75, 3.05) is 7.11 Å². The molecule has 1 aromatic carbocycles. The third-order valence-electron chi connectivity index (χ3n) is 4.22. The minimum atomic E-state index is -0.522. The van der Waals surface area contributed by atoms with E-state index in [9.17, 15) is 4.79 Å². The zero-order valence-electron chi connectivity index (χ0n) is 16.2. The molecule has 0 amide bonds. The number of aromatic nitrogens is 6. The fourth-order valence-electron chi connectivity index (χ4n) is 2.79. The number of carbonyl (C=O) groups is 1. The summed E-state index contributed by atoms with van der Waals surface area (Å²) < 4.78 is 6.55. The molecule has 0 aliphatic heterocycles. The predicted molar refractivity (Wildman–Crippen MR) is 111 cm³/mol. The van der Waals surface area contributed by atoms with E-state index in [4.69, 9.17) is 4.74 Å². The van der Waals surface area contributed by atoms with Gasteiger partial charge in [0.25, 0.3) is 0 Å². The molecule has 8 heteroatoms. The summed E-state index contributed by atoms with van der Waals surface area (Å²) >= 11 is 0. The van der Waals surface area contributed by atoms with Gasteiger partial charge in [-0.3, -0.25) is 4.98 Å². The van der Waals surface area contributed by atoms with E-state index >= 15 is 0 Å². The Kier molecular flexibility index (Phi) is 5.66. The van der Waals surface area contributed by atoms with Crippen LogP contribution in [0, 0.1) is 0 Å². The normalized spacial score (nSPS) is 11.0. The van der Waals surface area contributed by atoms with Crippen LogP contribution in [-0.2, 0) is 11.3 Å². The van der Waals surface area contributed by atoms with Gasteiger partial charge in [0.1, 0.15) is 5.69 Å². The quantitative estimate of drug-likeness (QED) is 0.460. The molecule has 0 radical (unpaired) electrons. The first-order valence-electron chi connectivity index (χ1n) is 9.21. The summed E-state index contributed by atoms with van der Waals surface area (Å²) in [6, 6.07) is 14.9. The first-order valence-corrected chi connectivity index (χ1v) is 9.21. The van der Waals surface area contributed by atoms with E-state index in [2.05, 4.69) is 25.3 Å². The van der Waals surface area contributed by atoms with Gasteiger partial charge in [-0.1, -0.05) is 41.6 Å². The number of rotatable bonds is 6. The number of methoxy groups -OCH3 is 1. The Hall–Kier alpha value is -4.20. The van der Waals surface area contributed by atoms with E-state index < -0.39 is 5.97 Å². The van der Waals surface area contributed by atoms with Crippen molar-refractivity contribution >= 4 is 18.1 Å². The van der Waals surface area contributed by atoms with Crippen molar-refractivity contribution in [3.8, 4) is 11.4 Å². The molecule has 30 heavy (non-hydrogen) atoms. The molecular weight excluding hydrogens is 380 g/mol. The van der Waals surface area contributed by atoms with Crippen LogP contribution in [-0.4, -0.2) is 43.0 Å². The Bertz CT molecular complexity index is 1170. The van der Waals surface area contributed by atoms with E-state index in [-0.39, 0.29) is 5.69 Å². The number of pyridine rings is 1. The first kappa shape index (κ1) is 19.1. The van der Waals surface area contributed by atoms with Gasteiger partial charge in [-0.05, 0) is 29.8 Å². The lowest BCUT2D eigenvalue weighted by Crippen LogP contribution is -2.07. The van der Waals surface area contributed by atoms with Crippen LogP contribution in [0.3, 0.4) is 0 Å². The lowest BCUT2D eigenvalue weighted by Gasteiger charge is -2.05. The Morgan fingerprint density at radius 2 is 1.90 bits per heavy atom. The van der Waals surface area contributed by atoms with Gasteiger partial charge in [-0.15, -0.1) is 5.10 Å². The van der Waals surface area contributed by atoms with Gasteiger partial charge in [0.15, 0.2) is 11.5 Å². The zero-order chi connectivity index (χ0) is 20.8. The second-order valence-electron chi connectivity index (χ2n) is 6.39. The molecule has 3 aromatic heterocycles. The van der Waals surface area contributed by atoms with Gasteiger partial charge in [0.2, 0.25) is 0 Å². The largest absolute Gasteiger partial charge is 0.464 e. The summed E-state index contributed by atoms with van der Waals surface area (Å²) in [5.41, 5.74) is 3.25. The average molecular weight is 398 g/mol. The Morgan fingerprint density at radius 3 is 2.67 bits per heavy atom. The molecule has 0 saturated carbocycles. The summed E-state index contributed by atoms with van der Waals surface area (Å²) in [6.45, 7) is 0.576. The van der Waals surface area contributed by atoms with Crippen LogP contribution >= 0.6 is 0 Å². The molecular formula is C22H18N6O2. The highest BCUT2D eigenvalue weighted by atomic mass is 16.5. The van der Waals surface area contributed by atoms with E-state index in [1.54, 1.807) is 35.3 Å². The van der Waals surface area contributed by atoms with Crippen molar-refractivity contribution in [1.82, 2.24) is 29.9 Å². The molecule has 148 valence electrons. The van der Waals surface area contributed by atoms with Crippen LogP contribution in [0.1, 0.15) is 27.4 Å². The number of benzene rings is 1. The number of ether oxygens (including phenoxy) is 1. The highest BCUT2D eigenvalue weighted by molar-refractivity contribution is 5.88. The van der Waals surface area contributed by atoms with Crippen molar-refractivity contribution in [3.63, 3.8) is 0 Å². The van der Waals surface area contributed by atoms with Crippen LogP contribution < -0.4 is 0 Å². The average Bonchev–Trinajstić information content (AvgIpc) is 3.25. The lowest BCUT2D eigenvalue weighted by molar-refractivity contribution is 0.0594. The molecule has 8 nitrogen and oxygen atoms in total. The maximum Gasteiger partial charge on any atom is 0.356 e. The zero-order valence-corrected chi connectivity index (χ0v) is 16.2. The molecule has 0 atom stereocenters. The number of nitrogens with zero attached hydrogens (tertiary/aromatic N) is 6. The van der Waals surface area contributed by atoms with Crippen LogP contribution in [0.15, 0.2) is 67.1 Å². The summed E-state index contributed by atoms with van der Waals surface area (Å²) in [4.78, 5) is 25.0. The third-order valence-corrected chi connectivity index (χ3v) is 4.22. The SMILES string of the molecule is COC(=O)c1cc(/C=C/c2cn(Cc3cccnc3)nn2)nc(-c2ccccc2)n1. The maximum atomic E-state index is 12.0. The van der Waals surface area contributed by atoms with Crippen molar-refractivity contribution < 1.29 is 9.53 Å². The summed E-state index contributed by atoms with van der Waals surface area (Å²) in [6.07, 6.45) is 8.89. The fraction of sp³-hybridized carbons (Fsp3) is 0.0909. The van der Waals surface area contributed by atoms with Gasteiger partial charge >= 0.3 is 5.97 Å². The second kappa shape index (κ2) is 8.87. The van der Waals surface area contributed by atoms with Crippen molar-refractivity contribution in [2.24, 2.45) is 0 Å². The summed E-state index contributed by atoms with van der Waals surface area (Å²) in [7, 11) is 1.32. The monoisotopic (exact) mass is 398 g/mol. The molecule has 0 unspecified atom stereocenters. The Balaban J connectivity index is 1.59. The van der Waals surface area contributed by atoms with Crippen molar-refractivity contribution in [1.29, 1.82) is 0 Å². The van der Waals surface area contributed by atoms with E-state index in [1.165, 1.54) is 7.11 Å². The van der Waals surface area contributed by atoms with Gasteiger partial charge in [0.05, 0.1) is 25.5 Å². The second-order valence-corrected chi connectivity index (χ2v) is 6.39. The van der Waals surface area contributed by atoms with Crippen molar-refractivity contribution in [3.05, 3.63) is 89.8 Å². The standard InChI is InChI=1S/C22H18N6O2/c1-30-22(29)20-12-18(24-21(25-20)17-7-3-2-4-8-17)9-10-19-15-28(27-26-19)14-16-6-5-11-23-13-16/h2-13,15H,14H2,1H3/b10-9+. The molecule has 0 spiro atoms. The molecule has 0 fully saturated rings. The highest BCUT2D eigenvalue weighted by Crippen LogP contribution is 2.17. The highest BCUT2D eigenvalue weighted by Gasteiger charge is 2.12. The van der Waals surface area contributed by atoms with Gasteiger partial charge in [-0.25, -0.2) is 19.4 Å². The minimum Gasteiger partial charge on any atom is -0.464 e. The Labute approximate surface area is 172 Å². The molecule has 4 aromatic rings. The number of hydrogen-bond acceptors (Lipinski definition) is 7.